The number of carbonyl (C=O) groups is 1. The average molecular weight is 463 g/mol. The molecule has 1 aromatic carbocycles. The van der Waals surface area contributed by atoms with E-state index in [0.717, 1.165) is 6.21 Å². The second kappa shape index (κ2) is 11.0. The Morgan fingerprint density at radius 3 is 2.53 bits per heavy atom. The van der Waals surface area contributed by atoms with Gasteiger partial charge in [0.05, 0.1) is 17.0 Å². The number of nitrogens with one attached hydrogen (secondary N) is 3. The zero-order valence-electron chi connectivity index (χ0n) is 17.2. The number of alkyl halides is 3. The highest BCUT2D eigenvalue weighted by Crippen LogP contribution is 2.27. The van der Waals surface area contributed by atoms with Crippen LogP contribution in [0.5, 0.6) is 5.75 Å². The van der Waals surface area contributed by atoms with Crippen molar-refractivity contribution in [2.45, 2.75) is 19.4 Å². The Hall–Kier alpha value is -3.79. The van der Waals surface area contributed by atoms with E-state index in [1.54, 1.807) is 12.3 Å². The van der Waals surface area contributed by atoms with Gasteiger partial charge in [0.15, 0.2) is 0 Å². The van der Waals surface area contributed by atoms with Gasteiger partial charge in [-0.15, -0.1) is 8.78 Å². The Morgan fingerprint density at radius 1 is 1.28 bits per heavy atom. The van der Waals surface area contributed by atoms with E-state index < -0.39 is 11.5 Å². The van der Waals surface area contributed by atoms with E-state index in [2.05, 4.69) is 25.2 Å². The van der Waals surface area contributed by atoms with Crippen molar-refractivity contribution in [2.75, 3.05) is 5.32 Å². The topological polar surface area (TPSA) is 130 Å². The molecule has 168 valence electrons. The molecule has 2 aromatic heterocycles. The van der Waals surface area contributed by atoms with Crippen LogP contribution in [0.2, 0.25) is 0 Å². The number of nitrogens with two attached hydrogens (primary N) is 1. The first kappa shape index (κ1) is 24.5. The quantitative estimate of drug-likeness (QED) is 0.294. The van der Waals surface area contributed by atoms with Gasteiger partial charge in [0.1, 0.15) is 5.75 Å². The number of pyridine rings is 1. The van der Waals surface area contributed by atoms with Crippen molar-refractivity contribution >= 4 is 35.1 Å². The molecule has 0 saturated carbocycles. The van der Waals surface area contributed by atoms with Crippen molar-refractivity contribution in [2.24, 2.45) is 5.73 Å². The number of H-pyrrole nitrogens is 1. The third kappa shape index (κ3) is 6.61. The molecular weight excluding hydrogens is 442 g/mol. The van der Waals surface area contributed by atoms with Crippen molar-refractivity contribution in [3.63, 3.8) is 0 Å². The summed E-state index contributed by atoms with van der Waals surface area (Å²) in [5.74, 6) is -0.663. The molecule has 2 heterocycles. The molecule has 0 spiro atoms. The summed E-state index contributed by atoms with van der Waals surface area (Å²) >= 11 is 4.72. The fourth-order valence-electron chi connectivity index (χ4n) is 2.53. The number of amides is 1. The van der Waals surface area contributed by atoms with Gasteiger partial charge in [-0.1, -0.05) is 13.8 Å². The molecule has 0 aliphatic heterocycles. The van der Waals surface area contributed by atoms with Crippen molar-refractivity contribution in [3.05, 3.63) is 66.0 Å². The Kier molecular flexibility index (Phi) is 8.42. The second-order valence-electron chi connectivity index (χ2n) is 5.91. The van der Waals surface area contributed by atoms with E-state index in [4.69, 9.17) is 22.7 Å². The number of anilines is 1. The van der Waals surface area contributed by atoms with E-state index in [0.29, 0.717) is 22.6 Å². The number of halogens is 3. The summed E-state index contributed by atoms with van der Waals surface area (Å²) in [6, 6.07) is 8.46. The number of aromatic nitrogens is 3. The van der Waals surface area contributed by atoms with Crippen molar-refractivity contribution < 1.29 is 18.3 Å². The fraction of sp³-hybridized carbons (Fsp3) is 0.143. The molecule has 0 aliphatic carbocycles. The first-order chi connectivity index (χ1) is 15.3. The third-order valence-corrected chi connectivity index (χ3v) is 3.90. The molecule has 0 bridgehead atoms. The average Bonchev–Trinajstić information content (AvgIpc) is 3.30. The smallest absolute Gasteiger partial charge is 0.420 e. The number of hydrogen-bond donors (Lipinski definition) is 4. The largest absolute Gasteiger partial charge is 0.487 e. The number of benzene rings is 1. The van der Waals surface area contributed by atoms with Gasteiger partial charge in [-0.25, -0.2) is 0 Å². The molecule has 0 aliphatic rings. The zero-order chi connectivity index (χ0) is 23.7. The lowest BCUT2D eigenvalue weighted by Gasteiger charge is -2.12. The minimum atomic E-state index is -3.83. The number of hydrogen-bond acceptors (Lipinski definition) is 6. The highest BCUT2D eigenvalue weighted by molar-refractivity contribution is 6.20. The van der Waals surface area contributed by atoms with Crippen molar-refractivity contribution in [1.82, 2.24) is 15.2 Å². The minimum absolute atomic E-state index is 0.162. The number of rotatable bonds is 7. The van der Waals surface area contributed by atoms with Gasteiger partial charge in [0.2, 0.25) is 0 Å². The first-order valence-corrected chi connectivity index (χ1v) is 9.78. The SMILES string of the molecule is CC.N=C/C=C(\N)c1cc(C(=O)Nc2ccc(OC(F)(F)Cl)cc2)cnc1-c1ccn[nH]1. The molecule has 8 nitrogen and oxygen atoms in total. The maximum atomic E-state index is 12.7. The number of aromatic amines is 1. The Balaban J connectivity index is 0.00000176. The summed E-state index contributed by atoms with van der Waals surface area (Å²) in [5, 5.41) is 16.5. The highest BCUT2D eigenvalue weighted by atomic mass is 35.5. The van der Waals surface area contributed by atoms with Gasteiger partial charge >= 0.3 is 5.57 Å². The van der Waals surface area contributed by atoms with Crippen LogP contribution in [-0.4, -0.2) is 32.9 Å². The molecule has 0 unspecified atom stereocenters. The first-order valence-electron chi connectivity index (χ1n) is 9.40. The van der Waals surface area contributed by atoms with Gasteiger partial charge in [0.25, 0.3) is 5.91 Å². The zero-order valence-corrected chi connectivity index (χ0v) is 18.0. The van der Waals surface area contributed by atoms with Crippen LogP contribution in [0.4, 0.5) is 14.5 Å². The fourth-order valence-corrected chi connectivity index (χ4v) is 2.62. The van der Waals surface area contributed by atoms with Crippen molar-refractivity contribution in [3.8, 4) is 17.1 Å². The van der Waals surface area contributed by atoms with Gasteiger partial charge in [0, 0.05) is 47.2 Å². The number of ether oxygens (including phenoxy) is 1. The van der Waals surface area contributed by atoms with E-state index in [1.807, 2.05) is 13.8 Å². The maximum absolute atomic E-state index is 12.7. The van der Waals surface area contributed by atoms with E-state index in [-0.39, 0.29) is 17.0 Å². The summed E-state index contributed by atoms with van der Waals surface area (Å²) in [5.41, 5.74) is 4.45. The van der Waals surface area contributed by atoms with Crippen LogP contribution in [0.15, 0.2) is 54.9 Å². The van der Waals surface area contributed by atoms with Crippen LogP contribution in [0, 0.1) is 5.41 Å². The lowest BCUT2D eigenvalue weighted by molar-refractivity contribution is -0.0964. The van der Waals surface area contributed by atoms with Gasteiger partial charge in [-0.3, -0.25) is 14.9 Å². The monoisotopic (exact) mass is 462 g/mol. The predicted octanol–water partition coefficient (Wildman–Crippen LogP) is 4.87. The predicted molar refractivity (Wildman–Crippen MR) is 120 cm³/mol. The lowest BCUT2D eigenvalue weighted by atomic mass is 10.0. The summed E-state index contributed by atoms with van der Waals surface area (Å²) < 4.78 is 29.6. The molecule has 1 amide bonds. The van der Waals surface area contributed by atoms with Gasteiger partial charge < -0.3 is 21.2 Å². The highest BCUT2D eigenvalue weighted by Gasteiger charge is 2.27. The number of allylic oxidation sites excluding steroid dienone is 1. The number of carbonyl (C=O) groups excluding carboxylic acids is 1. The van der Waals surface area contributed by atoms with E-state index >= 15 is 0 Å². The van der Waals surface area contributed by atoms with Crippen LogP contribution < -0.4 is 15.8 Å². The number of nitrogens with zero attached hydrogens (tertiary/aromatic N) is 2. The van der Waals surface area contributed by atoms with E-state index in [9.17, 15) is 13.6 Å². The van der Waals surface area contributed by atoms with Crippen molar-refractivity contribution in [1.29, 1.82) is 5.41 Å². The summed E-state index contributed by atoms with van der Waals surface area (Å²) in [7, 11) is 0. The van der Waals surface area contributed by atoms with Gasteiger partial charge in [-0.05, 0) is 42.5 Å². The summed E-state index contributed by atoms with van der Waals surface area (Å²) in [6.07, 6.45) is 5.29. The minimum Gasteiger partial charge on any atom is -0.420 e. The second-order valence-corrected chi connectivity index (χ2v) is 6.35. The Bertz CT molecular complexity index is 1080. The third-order valence-electron chi connectivity index (χ3n) is 3.83. The van der Waals surface area contributed by atoms with Gasteiger partial charge in [-0.2, -0.15) is 5.10 Å². The Labute approximate surface area is 188 Å². The molecule has 0 saturated heterocycles. The van der Waals surface area contributed by atoms with Crippen LogP contribution in [0.1, 0.15) is 29.8 Å². The molecule has 5 N–H and O–H groups in total. The molecule has 3 aromatic rings. The van der Waals surface area contributed by atoms with Crippen LogP contribution in [0.3, 0.4) is 0 Å². The molecular formula is C21H21ClF2N6O2. The molecule has 0 radical (unpaired) electrons. The maximum Gasteiger partial charge on any atom is 0.487 e. The summed E-state index contributed by atoms with van der Waals surface area (Å²) in [6.45, 7) is 4.00. The molecule has 3 rings (SSSR count). The lowest BCUT2D eigenvalue weighted by Crippen LogP contribution is -2.16. The summed E-state index contributed by atoms with van der Waals surface area (Å²) in [4.78, 5) is 16.9. The molecule has 11 heteroatoms. The normalized spacial score (nSPS) is 11.2. The standard InChI is InChI=1S/C19H15ClF2N6O2.C2H6/c20-19(21,22)30-13-3-1-12(2-4-13)27-18(29)11-9-14(15(24)5-7-23)17(25-10-11)16-6-8-26-28-16;1-2/h1-10,23H,24H2,(H,26,28)(H,27,29);1-2H3/b15-5-,23-7?;. The van der Waals surface area contributed by atoms with Crippen LogP contribution in [-0.2, 0) is 0 Å². The van der Waals surface area contributed by atoms with Crippen LogP contribution >= 0.6 is 11.6 Å². The van der Waals surface area contributed by atoms with E-state index in [1.165, 1.54) is 42.6 Å². The molecule has 32 heavy (non-hydrogen) atoms. The molecule has 0 fully saturated rings. The molecule has 0 atom stereocenters. The Morgan fingerprint density at radius 2 is 1.97 bits per heavy atom. The van der Waals surface area contributed by atoms with Crippen LogP contribution in [0.25, 0.3) is 17.1 Å².